The normalized spacial score (nSPS) is 45.9. The average molecular weight is 994 g/mol. The molecular weight excluding hydrogens is 883 g/mol. The van der Waals surface area contributed by atoms with E-state index >= 15 is 0 Å². The molecule has 0 aliphatic heterocycles. The van der Waals surface area contributed by atoms with Gasteiger partial charge in [-0.15, -0.1) is 0 Å². The van der Waals surface area contributed by atoms with Gasteiger partial charge in [-0.05, 0) is 137 Å². The van der Waals surface area contributed by atoms with E-state index in [0.29, 0.717) is 0 Å². The van der Waals surface area contributed by atoms with Crippen LogP contribution in [0, 0.1) is 17.7 Å². The molecule has 10 atom stereocenters. The van der Waals surface area contributed by atoms with Crippen LogP contribution < -0.4 is 49.1 Å². The first-order chi connectivity index (χ1) is 43.4. The molecule has 0 bridgehead atoms. The average Bonchev–Trinajstić information content (AvgIpc) is 0.675. The van der Waals surface area contributed by atoms with Crippen molar-refractivity contribution in [3.63, 3.8) is 0 Å². The van der Waals surface area contributed by atoms with Crippen molar-refractivity contribution in [2.24, 2.45) is 34.9 Å². The van der Waals surface area contributed by atoms with Gasteiger partial charge in [0, 0.05) is 86.2 Å². The molecule has 3 aliphatic rings. The molecule has 6 rings (SSSR count). The molecule has 21 heteroatoms. The maximum absolute atomic E-state index is 11.9. The zero-order chi connectivity index (χ0) is 78.1. The Morgan fingerprint density at radius 1 is 0.551 bits per heavy atom. The summed E-state index contributed by atoms with van der Waals surface area (Å²) < 4.78 is 242. The highest BCUT2D eigenvalue weighted by molar-refractivity contribution is 5.98. The molecule has 3 heterocycles. The van der Waals surface area contributed by atoms with Gasteiger partial charge in [0.05, 0.1) is 43.2 Å². The minimum Gasteiger partial charge on any atom is -0.393 e. The number of anilines is 6. The maximum atomic E-state index is 11.9. The number of aromatic nitrogens is 6. The van der Waals surface area contributed by atoms with E-state index in [4.69, 9.17) is 58.3 Å². The van der Waals surface area contributed by atoms with Crippen molar-refractivity contribution in [1.82, 2.24) is 29.9 Å². The van der Waals surface area contributed by atoms with Gasteiger partial charge in [-0.3, -0.25) is 14.4 Å². The third-order valence-electron chi connectivity index (χ3n) is 8.30. The lowest BCUT2D eigenvalue weighted by Crippen LogP contribution is -2.36. The molecule has 3 saturated carbocycles. The minimum absolute atomic E-state index is 0.0190. The number of aliphatic hydroxyl groups is 3. The predicted molar refractivity (Wildman–Crippen MR) is 271 cm³/mol. The number of carbonyl (C=O) groups is 3. The van der Waals surface area contributed by atoms with Crippen molar-refractivity contribution in [2.75, 3.05) is 31.9 Å². The highest BCUT2D eigenvalue weighted by Gasteiger charge is 2.30. The molecule has 3 aromatic heterocycles. The molecule has 384 valence electrons. The van der Waals surface area contributed by atoms with Crippen LogP contribution in [0.15, 0.2) is 18.6 Å². The zero-order valence-electron chi connectivity index (χ0n) is 69.3. The number of carbonyl (C=O) groups excluding carboxylic acids is 3. The highest BCUT2D eigenvalue weighted by atomic mass is 16.3. The van der Waals surface area contributed by atoms with Gasteiger partial charge in [0.1, 0.15) is 17.5 Å². The molecule has 3 amide bonds. The molecule has 0 saturated heterocycles. The summed E-state index contributed by atoms with van der Waals surface area (Å²) in [5.41, 5.74) is 13.1. The smallest absolute Gasteiger partial charge is 0.254 e. The monoisotopic (exact) mass is 994 g/mol. The number of primary amides is 3. The van der Waals surface area contributed by atoms with Crippen molar-refractivity contribution < 1.29 is 70.8 Å². The standard InChI is InChI=1S/3C16H27N5O2/c3*1-9-5-6-10(7-12(9)22)19-14-11(13(17)23)8-18-15(20-14)21-16(2,3)4/h3*8-10,12,22H,5-7H2,1-4H3,(H2,17,23)(H2,18,19,20,21)/i1D3,5D2,6D2,7D,9D,10D,12D;1D3,5D2,6D2,9D,10D,12D;1D3,5D2,6D2,10D,12D. The minimum atomic E-state index is -3.89. The fourth-order valence-electron chi connectivity index (χ4n) is 5.31. The van der Waals surface area contributed by atoms with Crippen LogP contribution in [0.25, 0.3) is 0 Å². The van der Waals surface area contributed by atoms with Crippen LogP contribution in [0.5, 0.6) is 0 Å². The SMILES string of the molecule is [2H]C([2H])([2H])C1([2H])C([2H])(O)CC([2H])(Nc2nc(NC(C)(C)C)ncc2C(N)=O)C([2H])([2H])C1([2H])[2H].[2H]C([2H])([2H])C1C([2H])(O)CC([2H])(Nc2nc(NC(C)(C)C)ncc2C(N)=O)C([2H])([2H])C1([2H])[2H].[2H]C1C([2H])(O)C([2H])(C([2H])([2H])[2H])C([2H])([2H])C([2H])([2H])C1([2H])Nc1nc(NC(C)(C)C)ncc1C(N)=O. The summed E-state index contributed by atoms with van der Waals surface area (Å²) in [5.74, 6) is -15.0. The van der Waals surface area contributed by atoms with Crippen LogP contribution in [-0.2, 0) is 0 Å². The number of nitrogens with zero attached hydrogens (tertiary/aromatic N) is 6. The van der Waals surface area contributed by atoms with Crippen LogP contribution in [0.3, 0.4) is 0 Å². The fraction of sp³-hybridized carbons (Fsp3) is 0.688. The summed E-state index contributed by atoms with van der Waals surface area (Å²) in [6.45, 7) is 5.31. The van der Waals surface area contributed by atoms with E-state index in [1.165, 1.54) is 0 Å². The van der Waals surface area contributed by atoms with E-state index in [-0.39, 0.29) is 23.4 Å². The Bertz CT molecular complexity index is 3550. The first-order valence-corrected chi connectivity index (χ1v) is 20.7. The quantitative estimate of drug-likeness (QED) is 0.110. The number of nitrogens with two attached hydrogens (primary N) is 3. The molecule has 3 fully saturated rings. The lowest BCUT2D eigenvalue weighted by atomic mass is 9.85. The largest absolute Gasteiger partial charge is 0.393 e. The highest BCUT2D eigenvalue weighted by Crippen LogP contribution is 2.30. The number of amides is 3. The molecule has 0 aromatic carbocycles. The molecule has 0 spiro atoms. The van der Waals surface area contributed by atoms with Gasteiger partial charge in [0.15, 0.2) is 0 Å². The Balaban J connectivity index is 0.000000315. The summed E-state index contributed by atoms with van der Waals surface area (Å²) in [5, 5.41) is 47.1. The lowest BCUT2D eigenvalue weighted by Gasteiger charge is -2.32. The summed E-state index contributed by atoms with van der Waals surface area (Å²) in [6.07, 6.45) is -34.1. The van der Waals surface area contributed by atoms with E-state index in [1.54, 1.807) is 62.3 Å². The van der Waals surface area contributed by atoms with E-state index in [0.717, 1.165) is 18.6 Å². The van der Waals surface area contributed by atoms with Crippen molar-refractivity contribution in [1.29, 1.82) is 0 Å². The van der Waals surface area contributed by atoms with E-state index in [1.807, 2.05) is 0 Å². The number of rotatable bonds is 12. The first kappa shape index (κ1) is 26.5. The Kier molecular flexibility index (Phi) is 9.13. The Morgan fingerprint density at radius 3 is 1.26 bits per heavy atom. The summed E-state index contributed by atoms with van der Waals surface area (Å²) >= 11 is 0. The van der Waals surface area contributed by atoms with Gasteiger partial charge < -0.3 is 64.4 Å². The third kappa shape index (κ3) is 18.3. The van der Waals surface area contributed by atoms with Crippen LogP contribution in [0.2, 0.25) is 0 Å². The molecule has 21 nitrogen and oxygen atoms in total. The predicted octanol–water partition coefficient (Wildman–Crippen LogP) is 5.24. The zero-order valence-corrected chi connectivity index (χ0v) is 39.3. The van der Waals surface area contributed by atoms with Gasteiger partial charge in [-0.25, -0.2) is 15.0 Å². The van der Waals surface area contributed by atoms with Crippen molar-refractivity contribution in [3.05, 3.63) is 35.3 Å². The number of hydrogen-bond acceptors (Lipinski definition) is 18. The number of nitrogens with one attached hydrogen (secondary N) is 6. The Labute approximate surface area is 449 Å². The van der Waals surface area contributed by atoms with Crippen LogP contribution >= 0.6 is 0 Å². The molecule has 69 heavy (non-hydrogen) atoms. The topological polar surface area (TPSA) is 339 Å². The molecule has 3 aliphatic carbocycles. The van der Waals surface area contributed by atoms with E-state index in [2.05, 4.69) is 61.8 Å². The summed E-state index contributed by atoms with van der Waals surface area (Å²) in [6, 6.07) is -9.10. The van der Waals surface area contributed by atoms with Gasteiger partial charge in [-0.1, -0.05) is 20.6 Å². The molecule has 15 N–H and O–H groups in total. The van der Waals surface area contributed by atoms with E-state index in [9.17, 15) is 29.7 Å². The van der Waals surface area contributed by atoms with Gasteiger partial charge >= 0.3 is 0 Å². The molecule has 3 aromatic rings. The first-order valence-electron chi connectivity index (χ1n) is 35.7. The second kappa shape index (κ2) is 23.8. The summed E-state index contributed by atoms with van der Waals surface area (Å²) in [7, 11) is 0. The molecular formula is C48H81N15O6. The van der Waals surface area contributed by atoms with Gasteiger partial charge in [-0.2, -0.15) is 15.0 Å². The molecule has 0 radical (unpaired) electrons. The van der Waals surface area contributed by atoms with Crippen LogP contribution in [0.1, 0.15) is 213 Å². The van der Waals surface area contributed by atoms with E-state index < -0.39 is 195 Å². The maximum Gasteiger partial charge on any atom is 0.254 e. The third-order valence-corrected chi connectivity index (χ3v) is 8.30. The lowest BCUT2D eigenvalue weighted by molar-refractivity contribution is 0.0737. The fourth-order valence-corrected chi connectivity index (χ4v) is 5.31. The number of hydrogen-bond donors (Lipinski definition) is 12. The van der Waals surface area contributed by atoms with Gasteiger partial charge in [0.25, 0.3) is 17.7 Å². The van der Waals surface area contributed by atoms with Crippen molar-refractivity contribution in [3.8, 4) is 0 Å². The Morgan fingerprint density at radius 2 is 0.899 bits per heavy atom. The summed E-state index contributed by atoms with van der Waals surface area (Å²) in [4.78, 5) is 59.5. The second-order valence-electron chi connectivity index (χ2n) is 18.1. The Hall–Kier alpha value is -5.67. The van der Waals surface area contributed by atoms with Crippen molar-refractivity contribution in [2.45, 2.75) is 193 Å². The van der Waals surface area contributed by atoms with Gasteiger partial charge in [0.2, 0.25) is 17.8 Å². The van der Waals surface area contributed by atoms with Crippen LogP contribution in [-0.4, -0.2) is 116 Å². The van der Waals surface area contributed by atoms with Crippen molar-refractivity contribution >= 4 is 53.0 Å². The van der Waals surface area contributed by atoms with Crippen LogP contribution in [0.4, 0.5) is 35.3 Å². The second-order valence-corrected chi connectivity index (χ2v) is 18.1. The molecule has 10 unspecified atom stereocenters.